The summed E-state index contributed by atoms with van der Waals surface area (Å²) in [6.07, 6.45) is 3.28. The molecule has 0 aliphatic rings. The number of rotatable bonds is 9. The summed E-state index contributed by atoms with van der Waals surface area (Å²) in [5.41, 5.74) is 0.696. The van der Waals surface area contributed by atoms with Gasteiger partial charge in [0.05, 0.1) is 13.5 Å². The van der Waals surface area contributed by atoms with Gasteiger partial charge in [0.1, 0.15) is 14.3 Å². The van der Waals surface area contributed by atoms with Crippen molar-refractivity contribution in [2.75, 3.05) is 7.11 Å². The molecule has 1 aromatic carbocycles. The lowest BCUT2D eigenvalue weighted by Crippen LogP contribution is -2.45. The van der Waals surface area contributed by atoms with Crippen molar-refractivity contribution < 1.29 is 19.1 Å². The summed E-state index contributed by atoms with van der Waals surface area (Å²) < 4.78 is 10.6. The maximum atomic E-state index is 12.8. The Kier molecular flexibility index (Phi) is 10.2. The Balaban J connectivity index is 3.47. The molecule has 0 fully saturated rings. The zero-order valence-electron chi connectivity index (χ0n) is 20.6. The summed E-state index contributed by atoms with van der Waals surface area (Å²) in [5.74, 6) is -0.0931. The second-order valence-electron chi connectivity index (χ2n) is 9.19. The summed E-state index contributed by atoms with van der Waals surface area (Å²) in [6, 6.07) is 10.3. The van der Waals surface area contributed by atoms with E-state index in [1.54, 1.807) is 4.90 Å². The van der Waals surface area contributed by atoms with Crippen molar-refractivity contribution in [3.05, 3.63) is 53.4 Å². The Bertz CT molecular complexity index is 787. The zero-order chi connectivity index (χ0) is 23.8. The minimum absolute atomic E-state index is 0.00534. The van der Waals surface area contributed by atoms with E-state index < -0.39 is 14.2 Å². The molecular weight excluding hydrogens is 406 g/mol. The Morgan fingerprint density at radius 3 is 2.00 bits per heavy atom. The van der Waals surface area contributed by atoms with Gasteiger partial charge in [-0.2, -0.15) is 0 Å². The Labute approximate surface area is 189 Å². The molecule has 0 saturated heterocycles. The third-order valence-electron chi connectivity index (χ3n) is 5.20. The van der Waals surface area contributed by atoms with Gasteiger partial charge in [-0.05, 0) is 39.2 Å². The lowest BCUT2D eigenvalue weighted by Gasteiger charge is -2.31. The van der Waals surface area contributed by atoms with Crippen LogP contribution in [0.25, 0.3) is 0 Å². The lowest BCUT2D eigenvalue weighted by molar-refractivity contribution is -0.139. The number of methoxy groups -OCH3 is 1. The fourth-order valence-corrected chi connectivity index (χ4v) is 6.73. The molecule has 0 atom stereocenters. The van der Waals surface area contributed by atoms with Crippen LogP contribution >= 0.6 is 0 Å². The summed E-state index contributed by atoms with van der Waals surface area (Å²) >= 11 is 0. The van der Waals surface area contributed by atoms with Crippen LogP contribution in [0.4, 0.5) is 4.79 Å². The number of carbonyl (C=O) groups is 2. The van der Waals surface area contributed by atoms with Crippen molar-refractivity contribution in [2.24, 2.45) is 5.92 Å². The molecule has 0 bridgehead atoms. The molecule has 0 spiro atoms. The SMILES string of the molecule is COC(=O)CC(=C\OC(=O)N(C(C)C)C(C)C)/C(=C/C(C)C)[Si](C)(C)c1ccccc1. The van der Waals surface area contributed by atoms with Crippen molar-refractivity contribution >= 4 is 25.3 Å². The van der Waals surface area contributed by atoms with Crippen LogP contribution < -0.4 is 5.19 Å². The summed E-state index contributed by atoms with van der Waals surface area (Å²) in [7, 11) is -0.805. The minimum atomic E-state index is -2.18. The van der Waals surface area contributed by atoms with Crippen molar-refractivity contribution in [1.82, 2.24) is 4.90 Å². The van der Waals surface area contributed by atoms with E-state index in [4.69, 9.17) is 9.47 Å². The summed E-state index contributed by atoms with van der Waals surface area (Å²) in [6.45, 7) is 16.5. The molecule has 172 valence electrons. The third-order valence-corrected chi connectivity index (χ3v) is 8.81. The van der Waals surface area contributed by atoms with Crippen LogP contribution in [-0.2, 0) is 14.3 Å². The van der Waals surface area contributed by atoms with E-state index >= 15 is 0 Å². The number of hydrogen-bond donors (Lipinski definition) is 0. The number of allylic oxidation sites excluding steroid dienone is 2. The van der Waals surface area contributed by atoms with Gasteiger partial charge in [0.15, 0.2) is 0 Å². The molecule has 0 aromatic heterocycles. The zero-order valence-corrected chi connectivity index (χ0v) is 21.6. The molecule has 1 aromatic rings. The first-order chi connectivity index (χ1) is 14.4. The number of hydrogen-bond acceptors (Lipinski definition) is 4. The Morgan fingerprint density at radius 2 is 1.55 bits per heavy atom. The van der Waals surface area contributed by atoms with E-state index in [0.29, 0.717) is 5.57 Å². The Morgan fingerprint density at radius 1 is 1.00 bits per heavy atom. The molecule has 31 heavy (non-hydrogen) atoms. The number of nitrogens with zero attached hydrogens (tertiary/aromatic N) is 1. The fourth-order valence-electron chi connectivity index (χ4n) is 3.69. The van der Waals surface area contributed by atoms with Gasteiger partial charge in [-0.15, -0.1) is 0 Å². The first-order valence-electron chi connectivity index (χ1n) is 10.9. The molecular formula is C25H39NO4Si. The normalized spacial score (nSPS) is 13.0. The van der Waals surface area contributed by atoms with Crippen molar-refractivity contribution in [1.29, 1.82) is 0 Å². The molecule has 0 aliphatic heterocycles. The van der Waals surface area contributed by atoms with Gasteiger partial charge in [0, 0.05) is 12.1 Å². The van der Waals surface area contributed by atoms with Gasteiger partial charge in [-0.1, -0.05) is 73.7 Å². The smallest absolute Gasteiger partial charge is 0.415 e. The highest BCUT2D eigenvalue weighted by molar-refractivity contribution is 6.96. The van der Waals surface area contributed by atoms with Gasteiger partial charge in [0.2, 0.25) is 0 Å². The molecule has 1 rings (SSSR count). The number of benzene rings is 1. The van der Waals surface area contributed by atoms with Gasteiger partial charge < -0.3 is 14.4 Å². The number of carbonyl (C=O) groups excluding carboxylic acids is 2. The maximum absolute atomic E-state index is 12.8. The molecule has 1 amide bonds. The highest BCUT2D eigenvalue weighted by Crippen LogP contribution is 2.28. The molecule has 6 heteroatoms. The predicted octanol–water partition coefficient (Wildman–Crippen LogP) is 5.43. The van der Waals surface area contributed by atoms with Crippen LogP contribution in [0.1, 0.15) is 48.0 Å². The van der Waals surface area contributed by atoms with Crippen molar-refractivity contribution in [3.8, 4) is 0 Å². The molecule has 0 heterocycles. The molecule has 0 aliphatic carbocycles. The largest absolute Gasteiger partial charge is 0.469 e. The van der Waals surface area contributed by atoms with Gasteiger partial charge in [-0.25, -0.2) is 4.79 Å². The highest BCUT2D eigenvalue weighted by Gasteiger charge is 2.32. The van der Waals surface area contributed by atoms with E-state index in [1.807, 2.05) is 45.9 Å². The second-order valence-corrected chi connectivity index (χ2v) is 13.6. The number of ether oxygens (including phenoxy) is 2. The maximum Gasteiger partial charge on any atom is 0.415 e. The fraction of sp³-hybridized carbons (Fsp3) is 0.520. The standard InChI is InChI=1S/C25H39NO4Si/c1-18(2)15-23(31(8,9)22-13-11-10-12-14-22)21(16-24(27)29-7)17-30-25(28)26(19(3)4)20(5)6/h10-15,17-20H,16H2,1-9H3/b21-17+,23-15-. The summed E-state index contributed by atoms with van der Waals surface area (Å²) in [5, 5.41) is 2.32. The van der Waals surface area contributed by atoms with Crippen LogP contribution in [0.3, 0.4) is 0 Å². The first-order valence-corrected chi connectivity index (χ1v) is 13.9. The van der Waals surface area contributed by atoms with Crippen LogP contribution in [0.5, 0.6) is 0 Å². The van der Waals surface area contributed by atoms with E-state index in [-0.39, 0.29) is 30.4 Å². The Hall–Kier alpha value is -2.34. The predicted molar refractivity (Wildman–Crippen MR) is 130 cm³/mol. The molecule has 5 nitrogen and oxygen atoms in total. The van der Waals surface area contributed by atoms with Gasteiger partial charge in [0.25, 0.3) is 0 Å². The monoisotopic (exact) mass is 445 g/mol. The van der Waals surface area contributed by atoms with E-state index in [1.165, 1.54) is 18.6 Å². The average Bonchev–Trinajstić information content (AvgIpc) is 2.69. The van der Waals surface area contributed by atoms with E-state index in [0.717, 1.165) is 5.20 Å². The van der Waals surface area contributed by atoms with E-state index in [9.17, 15) is 9.59 Å². The first kappa shape index (κ1) is 26.7. The molecule has 0 unspecified atom stereocenters. The highest BCUT2D eigenvalue weighted by atomic mass is 28.3. The van der Waals surface area contributed by atoms with Gasteiger partial charge >= 0.3 is 12.1 Å². The average molecular weight is 446 g/mol. The number of esters is 1. The third kappa shape index (κ3) is 7.69. The molecule has 0 saturated carbocycles. The minimum Gasteiger partial charge on any atom is -0.469 e. The molecule has 0 radical (unpaired) electrons. The molecule has 0 N–H and O–H groups in total. The summed E-state index contributed by atoms with van der Waals surface area (Å²) in [4.78, 5) is 26.7. The van der Waals surface area contributed by atoms with Crippen molar-refractivity contribution in [2.45, 2.75) is 73.1 Å². The topological polar surface area (TPSA) is 55.8 Å². The second kappa shape index (κ2) is 11.9. The van der Waals surface area contributed by atoms with Crippen LogP contribution in [0.2, 0.25) is 13.1 Å². The van der Waals surface area contributed by atoms with Crippen LogP contribution in [0.15, 0.2) is 53.4 Å². The van der Waals surface area contributed by atoms with E-state index in [2.05, 4.69) is 45.2 Å². The number of amides is 1. The van der Waals surface area contributed by atoms with Gasteiger partial charge in [-0.3, -0.25) is 4.79 Å². The lowest BCUT2D eigenvalue weighted by atomic mass is 10.1. The van der Waals surface area contributed by atoms with Crippen molar-refractivity contribution in [3.63, 3.8) is 0 Å². The quantitative estimate of drug-likeness (QED) is 0.220. The van der Waals surface area contributed by atoms with Crippen LogP contribution in [-0.4, -0.2) is 44.2 Å². The van der Waals surface area contributed by atoms with Crippen LogP contribution in [0, 0.1) is 5.92 Å².